The third kappa shape index (κ3) is 3.62. The van der Waals surface area contributed by atoms with Gasteiger partial charge in [0.1, 0.15) is 7.85 Å². The molecule has 0 aliphatic heterocycles. The number of hydrogen-bond donors (Lipinski definition) is 1. The Balaban J connectivity index is 2.34. The van der Waals surface area contributed by atoms with Crippen LogP contribution in [0.2, 0.25) is 5.15 Å². The van der Waals surface area contributed by atoms with E-state index in [1.54, 1.807) is 20.1 Å². The molecule has 2 rings (SSSR count). The number of Topliss-reactive ketones (excluding diaryl/α,β-unsaturated/α-hetero) is 1. The maximum atomic E-state index is 12.3. The third-order valence-electron chi connectivity index (χ3n) is 2.79. The highest BCUT2D eigenvalue weighted by Crippen LogP contribution is 2.21. The van der Waals surface area contributed by atoms with E-state index >= 15 is 0 Å². The summed E-state index contributed by atoms with van der Waals surface area (Å²) < 4.78 is 26.9. The molecular weight excluding hydrogens is 310 g/mol. The number of nitrogens with one attached hydrogen (secondary N) is 1. The number of benzene rings is 1. The Labute approximate surface area is 128 Å². The first-order chi connectivity index (χ1) is 9.79. The predicted molar refractivity (Wildman–Crippen MR) is 84.7 cm³/mol. The number of nitrogens with zero attached hydrogens (tertiary/aromatic N) is 1. The quantitative estimate of drug-likeness (QED) is 0.517. The molecule has 1 aromatic heterocycles. The SMILES string of the molecule is Bc1cnc(Cl)c(NS(=O)(=O)c2ccc(C(C)=O)cc2)c1. The fourth-order valence-corrected chi connectivity index (χ4v) is 2.96. The number of carbonyl (C=O) groups is 1. The minimum absolute atomic E-state index is 0.0464. The zero-order valence-corrected chi connectivity index (χ0v) is 13.0. The first-order valence-corrected chi connectivity index (χ1v) is 7.92. The fraction of sp³-hybridized carbons (Fsp3) is 0.0769. The van der Waals surface area contributed by atoms with Crippen LogP contribution in [0.4, 0.5) is 5.69 Å². The summed E-state index contributed by atoms with van der Waals surface area (Å²) in [6.45, 7) is 1.42. The molecule has 1 aromatic carbocycles. The van der Waals surface area contributed by atoms with Crippen molar-refractivity contribution in [2.45, 2.75) is 11.8 Å². The van der Waals surface area contributed by atoms with Crippen LogP contribution in [0.25, 0.3) is 0 Å². The number of hydrogen-bond acceptors (Lipinski definition) is 4. The van der Waals surface area contributed by atoms with Crippen LogP contribution in [0.15, 0.2) is 41.4 Å². The minimum atomic E-state index is -3.78. The first kappa shape index (κ1) is 15.5. The minimum Gasteiger partial charge on any atom is -0.295 e. The van der Waals surface area contributed by atoms with Gasteiger partial charge in [0.15, 0.2) is 10.9 Å². The first-order valence-electron chi connectivity index (χ1n) is 6.05. The molecule has 0 spiro atoms. The number of aromatic nitrogens is 1. The van der Waals surface area contributed by atoms with Gasteiger partial charge in [0.05, 0.1) is 10.6 Å². The molecule has 1 heterocycles. The number of pyridine rings is 1. The molecule has 0 fully saturated rings. The third-order valence-corrected chi connectivity index (χ3v) is 4.47. The molecule has 2 aromatic rings. The van der Waals surface area contributed by atoms with Crippen molar-refractivity contribution in [2.75, 3.05) is 4.72 Å². The molecule has 0 bridgehead atoms. The van der Waals surface area contributed by atoms with Gasteiger partial charge in [-0.05, 0) is 25.1 Å². The summed E-state index contributed by atoms with van der Waals surface area (Å²) in [5, 5.41) is 0.0736. The van der Waals surface area contributed by atoms with Gasteiger partial charge >= 0.3 is 0 Å². The van der Waals surface area contributed by atoms with Gasteiger partial charge in [0.25, 0.3) is 10.0 Å². The number of sulfonamides is 1. The average Bonchev–Trinajstić information content (AvgIpc) is 2.43. The molecule has 0 saturated carbocycles. The summed E-state index contributed by atoms with van der Waals surface area (Å²) >= 11 is 5.87. The van der Waals surface area contributed by atoms with Gasteiger partial charge in [0.2, 0.25) is 0 Å². The summed E-state index contributed by atoms with van der Waals surface area (Å²) in [6, 6.07) is 7.27. The molecular formula is C13H12BClN2O3S. The second-order valence-corrected chi connectivity index (χ2v) is 6.58. The van der Waals surface area contributed by atoms with Crippen molar-refractivity contribution in [3.05, 3.63) is 47.2 Å². The van der Waals surface area contributed by atoms with Gasteiger partial charge in [-0.15, -0.1) is 0 Å². The van der Waals surface area contributed by atoms with Crippen molar-refractivity contribution in [1.82, 2.24) is 4.98 Å². The summed E-state index contributed by atoms with van der Waals surface area (Å²) in [7, 11) is -2.00. The Morgan fingerprint density at radius 3 is 2.48 bits per heavy atom. The maximum absolute atomic E-state index is 12.3. The highest BCUT2D eigenvalue weighted by Gasteiger charge is 2.16. The van der Waals surface area contributed by atoms with E-state index in [1.807, 2.05) is 0 Å². The summed E-state index contributed by atoms with van der Waals surface area (Å²) in [4.78, 5) is 15.1. The number of halogens is 1. The molecule has 0 amide bonds. The zero-order valence-electron chi connectivity index (χ0n) is 11.4. The van der Waals surface area contributed by atoms with Crippen molar-refractivity contribution in [3.63, 3.8) is 0 Å². The van der Waals surface area contributed by atoms with Gasteiger partial charge < -0.3 is 0 Å². The Hall–Kier alpha value is -1.86. The highest BCUT2D eigenvalue weighted by atomic mass is 35.5. The van der Waals surface area contributed by atoms with Crippen molar-refractivity contribution in [3.8, 4) is 0 Å². The summed E-state index contributed by atoms with van der Waals surface area (Å²) in [5.41, 5.74) is 1.44. The van der Waals surface area contributed by atoms with Crippen LogP contribution in [-0.4, -0.2) is 27.0 Å². The van der Waals surface area contributed by atoms with Gasteiger partial charge in [-0.1, -0.05) is 29.2 Å². The van der Waals surface area contributed by atoms with Gasteiger partial charge in [-0.3, -0.25) is 9.52 Å². The highest BCUT2D eigenvalue weighted by molar-refractivity contribution is 7.92. The summed E-state index contributed by atoms with van der Waals surface area (Å²) in [5.74, 6) is -0.127. The molecule has 0 radical (unpaired) electrons. The maximum Gasteiger partial charge on any atom is 0.261 e. The van der Waals surface area contributed by atoms with E-state index in [0.717, 1.165) is 5.46 Å². The van der Waals surface area contributed by atoms with Crippen LogP contribution >= 0.6 is 11.6 Å². The second kappa shape index (κ2) is 5.87. The molecule has 0 aliphatic carbocycles. The van der Waals surface area contributed by atoms with Gasteiger partial charge in [-0.25, -0.2) is 13.4 Å². The van der Waals surface area contributed by atoms with E-state index in [2.05, 4.69) is 9.71 Å². The van der Waals surface area contributed by atoms with Crippen LogP contribution in [-0.2, 0) is 10.0 Å². The van der Waals surface area contributed by atoms with E-state index in [4.69, 9.17) is 11.6 Å². The van der Waals surface area contributed by atoms with Crippen LogP contribution < -0.4 is 10.2 Å². The smallest absolute Gasteiger partial charge is 0.261 e. The molecule has 0 unspecified atom stereocenters. The molecule has 108 valence electrons. The average molecular weight is 323 g/mol. The van der Waals surface area contributed by atoms with E-state index in [1.165, 1.54) is 31.2 Å². The summed E-state index contributed by atoms with van der Waals surface area (Å²) in [6.07, 6.45) is 1.54. The Kier molecular flexibility index (Phi) is 4.34. The van der Waals surface area contributed by atoms with Crippen molar-refractivity contribution in [2.24, 2.45) is 0 Å². The molecule has 0 saturated heterocycles. The number of rotatable bonds is 4. The van der Waals surface area contributed by atoms with E-state index in [-0.39, 0.29) is 21.5 Å². The lowest BCUT2D eigenvalue weighted by Crippen LogP contribution is -2.16. The zero-order chi connectivity index (χ0) is 15.6. The van der Waals surface area contributed by atoms with E-state index in [0.29, 0.717) is 5.56 Å². The Morgan fingerprint density at radius 2 is 1.90 bits per heavy atom. The second-order valence-electron chi connectivity index (χ2n) is 4.54. The lowest BCUT2D eigenvalue weighted by atomic mass is 9.99. The van der Waals surface area contributed by atoms with Gasteiger partial charge in [-0.2, -0.15) is 0 Å². The lowest BCUT2D eigenvalue weighted by Gasteiger charge is -2.10. The molecule has 21 heavy (non-hydrogen) atoms. The standard InChI is InChI=1S/C13H12BClN2O3S/c1-8(18)9-2-4-11(5-3-9)21(19,20)17-12-6-10(14)7-16-13(12)15/h2-7,17H,14H2,1H3. The normalized spacial score (nSPS) is 11.1. The van der Waals surface area contributed by atoms with Crippen LogP contribution in [0.3, 0.4) is 0 Å². The molecule has 5 nitrogen and oxygen atoms in total. The molecule has 1 N–H and O–H groups in total. The number of ketones is 1. The Bertz CT molecular complexity index is 792. The fourth-order valence-electron chi connectivity index (χ4n) is 1.70. The van der Waals surface area contributed by atoms with Crippen LogP contribution in [0.1, 0.15) is 17.3 Å². The number of carbonyl (C=O) groups excluding carboxylic acids is 1. The largest absolute Gasteiger partial charge is 0.295 e. The van der Waals surface area contributed by atoms with Crippen LogP contribution in [0.5, 0.6) is 0 Å². The Morgan fingerprint density at radius 1 is 1.29 bits per heavy atom. The monoisotopic (exact) mass is 322 g/mol. The van der Waals surface area contributed by atoms with Crippen LogP contribution in [0, 0.1) is 0 Å². The molecule has 0 aliphatic rings. The van der Waals surface area contributed by atoms with Crippen molar-refractivity contribution in [1.29, 1.82) is 0 Å². The van der Waals surface area contributed by atoms with Gasteiger partial charge in [0, 0.05) is 11.8 Å². The van der Waals surface area contributed by atoms with Crippen molar-refractivity contribution < 1.29 is 13.2 Å². The topological polar surface area (TPSA) is 76.1 Å². The van der Waals surface area contributed by atoms with Crippen molar-refractivity contribution >= 4 is 46.4 Å². The van der Waals surface area contributed by atoms with E-state index < -0.39 is 10.0 Å². The lowest BCUT2D eigenvalue weighted by molar-refractivity contribution is 0.101. The molecule has 8 heteroatoms. The predicted octanol–water partition coefficient (Wildman–Crippen LogP) is 0.997. The van der Waals surface area contributed by atoms with E-state index in [9.17, 15) is 13.2 Å². The number of anilines is 1. The molecule has 0 atom stereocenters.